The van der Waals surface area contributed by atoms with Gasteiger partial charge in [0.25, 0.3) is 0 Å². The van der Waals surface area contributed by atoms with Crippen LogP contribution in [0.2, 0.25) is 0 Å². The Labute approximate surface area is 148 Å². The van der Waals surface area contributed by atoms with Crippen LogP contribution in [-0.4, -0.2) is 24.6 Å². The number of rotatable bonds is 5. The van der Waals surface area contributed by atoms with Crippen LogP contribution in [0.1, 0.15) is 12.5 Å². The molecule has 2 rings (SSSR count). The topological polar surface area (TPSA) is 79.8 Å². The Hall–Kier alpha value is -2.67. The number of carbonyl (C=O) groups is 2. The first-order valence-electron chi connectivity index (χ1n) is 7.21. The molecular formula is C17H16BrN3O3. The summed E-state index contributed by atoms with van der Waals surface area (Å²) in [4.78, 5) is 23.4. The quantitative estimate of drug-likeness (QED) is 0.468. The van der Waals surface area contributed by atoms with Crippen LogP contribution in [0.4, 0.5) is 5.69 Å². The molecule has 0 saturated heterocycles. The second-order valence-corrected chi connectivity index (χ2v) is 5.58. The molecule has 0 aliphatic rings. The van der Waals surface area contributed by atoms with E-state index >= 15 is 0 Å². The van der Waals surface area contributed by atoms with Crippen molar-refractivity contribution < 1.29 is 14.3 Å². The standard InChI is InChI=1S/C17H16BrN3O3/c1-2-24-15-8-6-12(7-9-15)11-19-21-17(23)16(22)20-14-5-3-4-13(18)10-14/h3-11H,2H2,1H3,(H,20,22)(H,21,23). The molecule has 0 heterocycles. The summed E-state index contributed by atoms with van der Waals surface area (Å²) < 4.78 is 6.13. The summed E-state index contributed by atoms with van der Waals surface area (Å²) in [5, 5.41) is 6.24. The number of ether oxygens (including phenoxy) is 1. The number of hydrogen-bond donors (Lipinski definition) is 2. The maximum absolute atomic E-state index is 11.8. The van der Waals surface area contributed by atoms with Gasteiger partial charge in [-0.2, -0.15) is 5.10 Å². The number of anilines is 1. The van der Waals surface area contributed by atoms with Gasteiger partial charge in [-0.05, 0) is 55.0 Å². The summed E-state index contributed by atoms with van der Waals surface area (Å²) in [6.45, 7) is 2.50. The first-order chi connectivity index (χ1) is 11.6. The number of hydrogen-bond acceptors (Lipinski definition) is 4. The van der Waals surface area contributed by atoms with E-state index in [2.05, 4.69) is 31.8 Å². The highest BCUT2D eigenvalue weighted by molar-refractivity contribution is 9.10. The van der Waals surface area contributed by atoms with Crippen molar-refractivity contribution in [3.63, 3.8) is 0 Å². The van der Waals surface area contributed by atoms with E-state index in [-0.39, 0.29) is 0 Å². The predicted molar refractivity (Wildman–Crippen MR) is 96.1 cm³/mol. The van der Waals surface area contributed by atoms with Crippen LogP contribution in [0.15, 0.2) is 58.1 Å². The van der Waals surface area contributed by atoms with Crippen molar-refractivity contribution >= 4 is 39.6 Å². The number of nitrogens with zero attached hydrogens (tertiary/aromatic N) is 1. The maximum atomic E-state index is 11.8. The smallest absolute Gasteiger partial charge is 0.329 e. The summed E-state index contributed by atoms with van der Waals surface area (Å²) in [5.41, 5.74) is 3.46. The third kappa shape index (κ3) is 5.51. The third-order valence-electron chi connectivity index (χ3n) is 2.86. The van der Waals surface area contributed by atoms with Gasteiger partial charge < -0.3 is 10.1 Å². The maximum Gasteiger partial charge on any atom is 0.329 e. The van der Waals surface area contributed by atoms with Gasteiger partial charge in [-0.1, -0.05) is 22.0 Å². The molecule has 0 aliphatic heterocycles. The van der Waals surface area contributed by atoms with Gasteiger partial charge in [-0.25, -0.2) is 5.43 Å². The van der Waals surface area contributed by atoms with Crippen molar-refractivity contribution in [2.45, 2.75) is 6.92 Å². The molecule has 24 heavy (non-hydrogen) atoms. The Balaban J connectivity index is 1.86. The van der Waals surface area contributed by atoms with Crippen LogP contribution in [0.25, 0.3) is 0 Å². The molecule has 0 aliphatic carbocycles. The Bertz CT molecular complexity index is 745. The fourth-order valence-electron chi connectivity index (χ4n) is 1.79. The van der Waals surface area contributed by atoms with Crippen molar-refractivity contribution in [1.29, 1.82) is 0 Å². The lowest BCUT2D eigenvalue weighted by Crippen LogP contribution is -2.32. The van der Waals surface area contributed by atoms with Crippen LogP contribution in [0, 0.1) is 0 Å². The molecule has 2 amide bonds. The molecule has 7 heteroatoms. The van der Waals surface area contributed by atoms with Gasteiger partial charge in [0.15, 0.2) is 0 Å². The van der Waals surface area contributed by atoms with E-state index in [0.29, 0.717) is 12.3 Å². The molecule has 0 radical (unpaired) electrons. The Morgan fingerprint density at radius 3 is 2.58 bits per heavy atom. The second-order valence-electron chi connectivity index (χ2n) is 4.67. The van der Waals surface area contributed by atoms with Gasteiger partial charge in [0.05, 0.1) is 12.8 Å². The molecule has 0 aromatic heterocycles. The number of halogens is 1. The van der Waals surface area contributed by atoms with Crippen molar-refractivity contribution in [2.75, 3.05) is 11.9 Å². The average molecular weight is 390 g/mol. The van der Waals surface area contributed by atoms with Crippen molar-refractivity contribution in [3.8, 4) is 5.75 Å². The monoisotopic (exact) mass is 389 g/mol. The molecule has 2 aromatic rings. The van der Waals surface area contributed by atoms with E-state index in [1.165, 1.54) is 6.21 Å². The van der Waals surface area contributed by atoms with Gasteiger partial charge in [-0.3, -0.25) is 9.59 Å². The zero-order chi connectivity index (χ0) is 17.4. The lowest BCUT2D eigenvalue weighted by atomic mass is 10.2. The van der Waals surface area contributed by atoms with Crippen molar-refractivity contribution in [1.82, 2.24) is 5.43 Å². The van der Waals surface area contributed by atoms with E-state index in [1.807, 2.05) is 13.0 Å². The van der Waals surface area contributed by atoms with E-state index in [0.717, 1.165) is 15.8 Å². The number of amides is 2. The summed E-state index contributed by atoms with van der Waals surface area (Å²) in [6.07, 6.45) is 1.44. The second kappa shape index (κ2) is 8.83. The largest absolute Gasteiger partial charge is 0.494 e. The SMILES string of the molecule is CCOc1ccc(C=NNC(=O)C(=O)Nc2cccc(Br)c2)cc1. The lowest BCUT2D eigenvalue weighted by Gasteiger charge is -2.04. The van der Waals surface area contributed by atoms with Gasteiger partial charge in [0.1, 0.15) is 5.75 Å². The minimum atomic E-state index is -0.850. The molecule has 0 bridgehead atoms. The summed E-state index contributed by atoms with van der Waals surface area (Å²) in [6, 6.07) is 14.1. The van der Waals surface area contributed by atoms with E-state index in [9.17, 15) is 9.59 Å². The molecule has 6 nitrogen and oxygen atoms in total. The van der Waals surface area contributed by atoms with E-state index < -0.39 is 11.8 Å². The summed E-state index contributed by atoms with van der Waals surface area (Å²) >= 11 is 3.29. The van der Waals surface area contributed by atoms with Crippen LogP contribution < -0.4 is 15.5 Å². The highest BCUT2D eigenvalue weighted by Gasteiger charge is 2.12. The molecule has 124 valence electrons. The normalized spacial score (nSPS) is 10.4. The first kappa shape index (κ1) is 17.7. The average Bonchev–Trinajstić information content (AvgIpc) is 2.56. The zero-order valence-corrected chi connectivity index (χ0v) is 14.5. The minimum Gasteiger partial charge on any atom is -0.494 e. The van der Waals surface area contributed by atoms with Gasteiger partial charge in [0.2, 0.25) is 0 Å². The molecule has 0 atom stereocenters. The van der Waals surface area contributed by atoms with Crippen LogP contribution >= 0.6 is 15.9 Å². The molecule has 0 unspecified atom stereocenters. The van der Waals surface area contributed by atoms with Crippen molar-refractivity contribution in [2.24, 2.45) is 5.10 Å². The number of carbonyl (C=O) groups excluding carboxylic acids is 2. The molecular weight excluding hydrogens is 374 g/mol. The fourth-order valence-corrected chi connectivity index (χ4v) is 2.19. The predicted octanol–water partition coefficient (Wildman–Crippen LogP) is 2.94. The van der Waals surface area contributed by atoms with Crippen LogP contribution in [-0.2, 0) is 9.59 Å². The fraction of sp³-hybridized carbons (Fsp3) is 0.118. The number of nitrogens with one attached hydrogen (secondary N) is 2. The molecule has 0 spiro atoms. The lowest BCUT2D eigenvalue weighted by molar-refractivity contribution is -0.136. The Morgan fingerprint density at radius 2 is 1.92 bits per heavy atom. The van der Waals surface area contributed by atoms with Gasteiger partial charge in [-0.15, -0.1) is 0 Å². The van der Waals surface area contributed by atoms with Crippen LogP contribution in [0.5, 0.6) is 5.75 Å². The minimum absolute atomic E-state index is 0.514. The van der Waals surface area contributed by atoms with Crippen molar-refractivity contribution in [3.05, 3.63) is 58.6 Å². The number of hydrazone groups is 1. The third-order valence-corrected chi connectivity index (χ3v) is 3.35. The van der Waals surface area contributed by atoms with E-state index in [1.54, 1.807) is 42.5 Å². The summed E-state index contributed by atoms with van der Waals surface area (Å²) in [7, 11) is 0. The molecule has 0 saturated carbocycles. The highest BCUT2D eigenvalue weighted by atomic mass is 79.9. The first-order valence-corrected chi connectivity index (χ1v) is 8.00. The van der Waals surface area contributed by atoms with E-state index in [4.69, 9.17) is 4.74 Å². The molecule has 2 aromatic carbocycles. The zero-order valence-electron chi connectivity index (χ0n) is 13.0. The Morgan fingerprint density at radius 1 is 1.17 bits per heavy atom. The van der Waals surface area contributed by atoms with Gasteiger partial charge >= 0.3 is 11.8 Å². The highest BCUT2D eigenvalue weighted by Crippen LogP contribution is 2.15. The summed E-state index contributed by atoms with van der Waals surface area (Å²) in [5.74, 6) is -0.888. The van der Waals surface area contributed by atoms with Crippen LogP contribution in [0.3, 0.4) is 0 Å². The molecule has 0 fully saturated rings. The number of benzene rings is 2. The molecule has 2 N–H and O–H groups in total. The Kier molecular flexibility index (Phi) is 6.51. The van der Waals surface area contributed by atoms with Gasteiger partial charge in [0, 0.05) is 10.2 Å².